The zero-order valence-electron chi connectivity index (χ0n) is 10.1. The van der Waals surface area contributed by atoms with E-state index >= 15 is 0 Å². The number of halogens is 1. The number of Topliss-reactive ketones (excluding diaryl/α,β-unsaturated/α-hetero) is 1. The molecular formula is C14H14ClNOS. The molecule has 18 heavy (non-hydrogen) atoms. The highest BCUT2D eigenvalue weighted by Crippen LogP contribution is 2.21. The molecule has 0 bridgehead atoms. The van der Waals surface area contributed by atoms with Crippen molar-refractivity contribution in [3.8, 4) is 0 Å². The predicted molar refractivity (Wildman–Crippen MR) is 77.4 cm³/mol. The first kappa shape index (κ1) is 13.2. The molecule has 1 aromatic carbocycles. The molecule has 2 rings (SSSR count). The third-order valence-corrected chi connectivity index (χ3v) is 3.95. The smallest absolute Gasteiger partial charge is 0.174 e. The first-order chi connectivity index (χ1) is 8.66. The van der Waals surface area contributed by atoms with Crippen LogP contribution in [-0.4, -0.2) is 16.1 Å². The maximum absolute atomic E-state index is 11.9. The van der Waals surface area contributed by atoms with Crippen molar-refractivity contribution in [1.29, 1.82) is 0 Å². The third kappa shape index (κ3) is 3.40. The van der Waals surface area contributed by atoms with E-state index in [1.807, 2.05) is 54.3 Å². The van der Waals surface area contributed by atoms with E-state index in [9.17, 15) is 4.79 Å². The van der Waals surface area contributed by atoms with Crippen LogP contribution in [0.3, 0.4) is 0 Å². The molecule has 0 fully saturated rings. The van der Waals surface area contributed by atoms with Crippen LogP contribution in [0.4, 0.5) is 0 Å². The van der Waals surface area contributed by atoms with Gasteiger partial charge in [0.1, 0.15) is 0 Å². The lowest BCUT2D eigenvalue weighted by Gasteiger charge is -2.03. The summed E-state index contributed by atoms with van der Waals surface area (Å²) in [6.45, 7) is 0. The molecule has 0 amide bonds. The van der Waals surface area contributed by atoms with E-state index in [1.54, 1.807) is 11.8 Å². The topological polar surface area (TPSA) is 22.0 Å². The summed E-state index contributed by atoms with van der Waals surface area (Å²) in [4.78, 5) is 11.9. The lowest BCUT2D eigenvalue weighted by Crippen LogP contribution is -2.01. The molecule has 0 unspecified atom stereocenters. The minimum absolute atomic E-state index is 0.160. The van der Waals surface area contributed by atoms with Gasteiger partial charge in [-0.25, -0.2) is 0 Å². The van der Waals surface area contributed by atoms with Gasteiger partial charge in [-0.05, 0) is 17.7 Å². The molecule has 0 aliphatic rings. The van der Waals surface area contributed by atoms with Crippen LogP contribution in [0, 0.1) is 0 Å². The maximum atomic E-state index is 11.9. The van der Waals surface area contributed by atoms with Crippen LogP contribution in [0.5, 0.6) is 0 Å². The summed E-state index contributed by atoms with van der Waals surface area (Å²) in [5.74, 6) is 1.40. The van der Waals surface area contributed by atoms with Crippen LogP contribution in [0.1, 0.15) is 15.9 Å². The Morgan fingerprint density at radius 2 is 2.11 bits per heavy atom. The molecule has 2 nitrogen and oxygen atoms in total. The van der Waals surface area contributed by atoms with Crippen molar-refractivity contribution in [2.45, 2.75) is 5.75 Å². The van der Waals surface area contributed by atoms with E-state index in [0.717, 1.165) is 21.9 Å². The van der Waals surface area contributed by atoms with Gasteiger partial charge in [-0.3, -0.25) is 4.79 Å². The number of ketones is 1. The molecule has 0 spiro atoms. The van der Waals surface area contributed by atoms with Gasteiger partial charge < -0.3 is 4.57 Å². The zero-order chi connectivity index (χ0) is 13.0. The Morgan fingerprint density at radius 1 is 1.33 bits per heavy atom. The second-order valence-corrected chi connectivity index (χ2v) is 5.47. The summed E-state index contributed by atoms with van der Waals surface area (Å²) in [5.41, 5.74) is 1.84. The minimum Gasteiger partial charge on any atom is -0.357 e. The fraction of sp³-hybridized carbons (Fsp3) is 0.214. The molecule has 1 aromatic heterocycles. The highest BCUT2D eigenvalue weighted by atomic mass is 35.5. The number of thioether (sulfide) groups is 1. The van der Waals surface area contributed by atoms with Gasteiger partial charge in [0, 0.05) is 35.8 Å². The van der Waals surface area contributed by atoms with E-state index in [4.69, 9.17) is 11.6 Å². The van der Waals surface area contributed by atoms with Gasteiger partial charge >= 0.3 is 0 Å². The number of nitrogens with zero attached hydrogens (tertiary/aromatic N) is 1. The van der Waals surface area contributed by atoms with Crippen LogP contribution in [0.2, 0.25) is 5.02 Å². The fourth-order valence-electron chi connectivity index (χ4n) is 1.62. The largest absolute Gasteiger partial charge is 0.357 e. The van der Waals surface area contributed by atoms with Crippen molar-refractivity contribution in [2.75, 3.05) is 5.75 Å². The summed E-state index contributed by atoms with van der Waals surface area (Å²) in [6, 6.07) is 9.57. The van der Waals surface area contributed by atoms with Gasteiger partial charge in [0.2, 0.25) is 0 Å². The van der Waals surface area contributed by atoms with Crippen LogP contribution < -0.4 is 0 Å². The highest BCUT2D eigenvalue weighted by Gasteiger charge is 2.07. The normalized spacial score (nSPS) is 10.6. The monoisotopic (exact) mass is 279 g/mol. The van der Waals surface area contributed by atoms with E-state index in [1.165, 1.54) is 0 Å². The molecule has 0 aliphatic carbocycles. The van der Waals surface area contributed by atoms with E-state index < -0.39 is 0 Å². The molecule has 0 saturated heterocycles. The van der Waals surface area contributed by atoms with E-state index in [0.29, 0.717) is 5.75 Å². The van der Waals surface area contributed by atoms with Gasteiger partial charge in [0.05, 0.1) is 5.75 Å². The van der Waals surface area contributed by atoms with Crippen LogP contribution in [0.25, 0.3) is 0 Å². The number of hydrogen-bond acceptors (Lipinski definition) is 2. The number of carbonyl (C=O) groups is 1. The fourth-order valence-corrected chi connectivity index (χ4v) is 2.83. The van der Waals surface area contributed by atoms with Crippen LogP contribution in [-0.2, 0) is 12.8 Å². The number of rotatable bonds is 5. The van der Waals surface area contributed by atoms with Crippen molar-refractivity contribution < 1.29 is 4.79 Å². The first-order valence-corrected chi connectivity index (χ1v) is 7.16. The summed E-state index contributed by atoms with van der Waals surface area (Å²) >= 11 is 7.65. The van der Waals surface area contributed by atoms with Crippen molar-refractivity contribution in [3.05, 3.63) is 58.9 Å². The molecule has 0 radical (unpaired) electrons. The van der Waals surface area contributed by atoms with Crippen LogP contribution >= 0.6 is 23.4 Å². The Morgan fingerprint density at radius 3 is 2.78 bits per heavy atom. The molecule has 2 aromatic rings. The Labute approximate surface area is 116 Å². The average Bonchev–Trinajstić information content (AvgIpc) is 2.78. The third-order valence-electron chi connectivity index (χ3n) is 2.60. The quantitative estimate of drug-likeness (QED) is 0.777. The van der Waals surface area contributed by atoms with Gasteiger partial charge in [0.15, 0.2) is 5.78 Å². The van der Waals surface area contributed by atoms with Crippen molar-refractivity contribution in [2.24, 2.45) is 7.05 Å². The van der Waals surface area contributed by atoms with Crippen molar-refractivity contribution in [3.63, 3.8) is 0 Å². The minimum atomic E-state index is 0.160. The summed E-state index contributed by atoms with van der Waals surface area (Å²) in [5, 5.41) is 0.761. The summed E-state index contributed by atoms with van der Waals surface area (Å²) in [6.07, 6.45) is 3.73. The Kier molecular flexibility index (Phi) is 4.50. The highest BCUT2D eigenvalue weighted by molar-refractivity contribution is 7.99. The molecular weight excluding hydrogens is 266 g/mol. The molecule has 4 heteroatoms. The van der Waals surface area contributed by atoms with Crippen molar-refractivity contribution in [1.82, 2.24) is 4.57 Å². The molecule has 94 valence electrons. The Balaban J connectivity index is 1.86. The molecule has 0 aliphatic heterocycles. The predicted octanol–water partition coefficient (Wildman–Crippen LogP) is 3.79. The number of benzene rings is 1. The summed E-state index contributed by atoms with van der Waals surface area (Å²) in [7, 11) is 1.91. The second-order valence-electron chi connectivity index (χ2n) is 4.07. The second kappa shape index (κ2) is 6.12. The first-order valence-electron chi connectivity index (χ1n) is 5.63. The Bertz CT molecular complexity index is 550. The summed E-state index contributed by atoms with van der Waals surface area (Å²) < 4.78 is 1.88. The lowest BCUT2D eigenvalue weighted by atomic mass is 10.2. The average molecular weight is 280 g/mol. The number of aryl methyl sites for hydroxylation is 1. The Hall–Kier alpha value is -1.19. The number of hydrogen-bond donors (Lipinski definition) is 0. The van der Waals surface area contributed by atoms with Crippen LogP contribution in [0.15, 0.2) is 42.7 Å². The number of aromatic nitrogens is 1. The van der Waals surface area contributed by atoms with Gasteiger partial charge in [-0.15, -0.1) is 11.8 Å². The lowest BCUT2D eigenvalue weighted by molar-refractivity contribution is 0.102. The van der Waals surface area contributed by atoms with E-state index in [-0.39, 0.29) is 5.78 Å². The van der Waals surface area contributed by atoms with Gasteiger partial charge in [-0.1, -0.05) is 29.8 Å². The molecule has 1 heterocycles. The molecule has 0 atom stereocenters. The standard InChI is InChI=1S/C14H14ClNOS/c1-16-7-6-11(8-16)14(17)10-18-9-12-4-2-3-5-13(12)15/h2-8H,9-10H2,1H3. The van der Waals surface area contributed by atoms with Crippen molar-refractivity contribution >= 4 is 29.1 Å². The van der Waals surface area contributed by atoms with E-state index in [2.05, 4.69) is 0 Å². The van der Waals surface area contributed by atoms with Gasteiger partial charge in [-0.2, -0.15) is 0 Å². The maximum Gasteiger partial charge on any atom is 0.174 e. The SMILES string of the molecule is Cn1ccc(C(=O)CSCc2ccccc2Cl)c1. The zero-order valence-corrected chi connectivity index (χ0v) is 11.7. The number of carbonyl (C=O) groups excluding carboxylic acids is 1. The molecule has 0 N–H and O–H groups in total. The van der Waals surface area contributed by atoms with Gasteiger partial charge in [0.25, 0.3) is 0 Å². The molecule has 0 saturated carbocycles.